The summed E-state index contributed by atoms with van der Waals surface area (Å²) in [5, 5.41) is 8.67. The second-order valence-corrected chi connectivity index (χ2v) is 5.38. The fraction of sp³-hybridized carbons (Fsp3) is 0.0667. The molecule has 0 radical (unpaired) electrons. The molecule has 21 heavy (non-hydrogen) atoms. The maximum absolute atomic E-state index is 11.7. The molecule has 6 heteroatoms. The predicted octanol–water partition coefficient (Wildman–Crippen LogP) is 2.63. The maximum atomic E-state index is 11.7. The molecule has 2 heterocycles. The number of amides is 1. The third kappa shape index (κ3) is 1.75. The molecule has 0 saturated carbocycles. The molecule has 1 amide bonds. The lowest BCUT2D eigenvalue weighted by Gasteiger charge is -2.09. The first-order chi connectivity index (χ1) is 10.1. The van der Waals surface area contributed by atoms with Crippen molar-refractivity contribution in [2.24, 2.45) is 5.73 Å². The number of benzene rings is 2. The summed E-state index contributed by atoms with van der Waals surface area (Å²) in [4.78, 5) is 11.7. The van der Waals surface area contributed by atoms with Gasteiger partial charge in [-0.1, -0.05) is 29.8 Å². The van der Waals surface area contributed by atoms with Crippen molar-refractivity contribution < 1.29 is 4.79 Å². The first-order valence-corrected chi connectivity index (χ1v) is 6.86. The van der Waals surface area contributed by atoms with Crippen LogP contribution in [0.4, 0.5) is 5.69 Å². The van der Waals surface area contributed by atoms with E-state index in [9.17, 15) is 4.79 Å². The van der Waals surface area contributed by atoms with Crippen molar-refractivity contribution in [3.8, 4) is 5.69 Å². The Balaban J connectivity index is 1.94. The fourth-order valence-electron chi connectivity index (χ4n) is 2.62. The van der Waals surface area contributed by atoms with Crippen LogP contribution < -0.4 is 11.1 Å². The van der Waals surface area contributed by atoms with E-state index in [0.717, 1.165) is 10.9 Å². The second kappa shape index (κ2) is 4.31. The third-order valence-corrected chi connectivity index (χ3v) is 4.00. The van der Waals surface area contributed by atoms with Crippen molar-refractivity contribution in [1.82, 2.24) is 9.78 Å². The molecular weight excluding hydrogens is 288 g/mol. The Labute approximate surface area is 125 Å². The van der Waals surface area contributed by atoms with E-state index in [-0.39, 0.29) is 5.91 Å². The SMILES string of the molecule is NC1C(=O)Nc2cc(-n3ncc4ccccc43)c(Cl)cc21. The average Bonchev–Trinajstić information content (AvgIpc) is 3.02. The number of rotatable bonds is 1. The lowest BCUT2D eigenvalue weighted by Crippen LogP contribution is -2.19. The topological polar surface area (TPSA) is 72.9 Å². The van der Waals surface area contributed by atoms with Gasteiger partial charge in [0.1, 0.15) is 6.04 Å². The lowest BCUT2D eigenvalue weighted by atomic mass is 10.1. The number of hydrogen-bond acceptors (Lipinski definition) is 3. The van der Waals surface area contributed by atoms with Gasteiger partial charge in [-0.25, -0.2) is 4.68 Å². The van der Waals surface area contributed by atoms with Crippen molar-refractivity contribution in [1.29, 1.82) is 0 Å². The molecule has 4 rings (SSSR count). The molecule has 0 bridgehead atoms. The molecule has 1 atom stereocenters. The van der Waals surface area contributed by atoms with E-state index in [1.54, 1.807) is 16.9 Å². The van der Waals surface area contributed by atoms with Crippen LogP contribution in [0.15, 0.2) is 42.6 Å². The molecule has 0 spiro atoms. The van der Waals surface area contributed by atoms with Crippen LogP contribution in [0.25, 0.3) is 16.6 Å². The van der Waals surface area contributed by atoms with E-state index in [1.807, 2.05) is 30.3 Å². The molecule has 1 aliphatic rings. The van der Waals surface area contributed by atoms with Crippen LogP contribution in [-0.4, -0.2) is 15.7 Å². The van der Waals surface area contributed by atoms with E-state index in [1.165, 1.54) is 0 Å². The number of nitrogens with one attached hydrogen (secondary N) is 1. The molecule has 1 aromatic heterocycles. The number of nitrogens with two attached hydrogens (primary N) is 1. The van der Waals surface area contributed by atoms with Gasteiger partial charge < -0.3 is 11.1 Å². The van der Waals surface area contributed by atoms with Crippen molar-refractivity contribution >= 4 is 34.1 Å². The van der Waals surface area contributed by atoms with E-state index in [4.69, 9.17) is 17.3 Å². The van der Waals surface area contributed by atoms with Crippen LogP contribution in [0.2, 0.25) is 5.02 Å². The number of anilines is 1. The first kappa shape index (κ1) is 12.4. The number of para-hydroxylation sites is 1. The molecule has 3 N–H and O–H groups in total. The number of nitrogens with zero attached hydrogens (tertiary/aromatic N) is 2. The average molecular weight is 299 g/mol. The van der Waals surface area contributed by atoms with Gasteiger partial charge >= 0.3 is 0 Å². The molecular formula is C15H11ClN4O. The molecule has 0 aliphatic carbocycles. The number of carbonyl (C=O) groups excluding carboxylic acids is 1. The predicted molar refractivity (Wildman–Crippen MR) is 81.6 cm³/mol. The van der Waals surface area contributed by atoms with E-state index in [0.29, 0.717) is 22.0 Å². The van der Waals surface area contributed by atoms with Gasteiger partial charge in [0.15, 0.2) is 0 Å². The monoisotopic (exact) mass is 298 g/mol. The van der Waals surface area contributed by atoms with E-state index in [2.05, 4.69) is 10.4 Å². The Hall–Kier alpha value is -2.37. The van der Waals surface area contributed by atoms with Crippen LogP contribution in [0, 0.1) is 0 Å². The molecule has 0 saturated heterocycles. The lowest BCUT2D eigenvalue weighted by molar-refractivity contribution is -0.116. The zero-order valence-corrected chi connectivity index (χ0v) is 11.6. The van der Waals surface area contributed by atoms with Crippen molar-refractivity contribution in [3.05, 3.63) is 53.2 Å². The number of hydrogen-bond donors (Lipinski definition) is 2. The molecule has 5 nitrogen and oxygen atoms in total. The molecule has 3 aromatic rings. The standard InChI is InChI=1S/C15H11ClN4O/c16-10-5-9-11(19-15(21)14(9)17)6-13(10)20-12-4-2-1-3-8(12)7-18-20/h1-7,14H,17H2,(H,19,21). The number of aromatic nitrogens is 2. The zero-order valence-electron chi connectivity index (χ0n) is 10.9. The van der Waals surface area contributed by atoms with Gasteiger partial charge in [-0.3, -0.25) is 4.79 Å². The Kier molecular flexibility index (Phi) is 2.54. The van der Waals surface area contributed by atoms with Crippen LogP contribution >= 0.6 is 11.6 Å². The summed E-state index contributed by atoms with van der Waals surface area (Å²) < 4.78 is 1.76. The number of carbonyl (C=O) groups is 1. The zero-order chi connectivity index (χ0) is 14.6. The van der Waals surface area contributed by atoms with Gasteiger partial charge in [-0.05, 0) is 18.2 Å². The van der Waals surface area contributed by atoms with Crippen molar-refractivity contribution in [2.75, 3.05) is 5.32 Å². The van der Waals surface area contributed by atoms with Gasteiger partial charge in [0, 0.05) is 16.6 Å². The Morgan fingerprint density at radius 1 is 1.29 bits per heavy atom. The van der Waals surface area contributed by atoms with E-state index >= 15 is 0 Å². The number of fused-ring (bicyclic) bond motifs is 2. The van der Waals surface area contributed by atoms with Gasteiger partial charge in [0.05, 0.1) is 22.4 Å². The van der Waals surface area contributed by atoms with Gasteiger partial charge in [0.25, 0.3) is 0 Å². The van der Waals surface area contributed by atoms with Crippen LogP contribution in [-0.2, 0) is 4.79 Å². The minimum atomic E-state index is -0.666. The summed E-state index contributed by atoms with van der Waals surface area (Å²) in [6.45, 7) is 0. The second-order valence-electron chi connectivity index (χ2n) is 4.97. The van der Waals surface area contributed by atoms with Gasteiger partial charge in [0.2, 0.25) is 5.91 Å². The fourth-order valence-corrected chi connectivity index (χ4v) is 2.87. The highest BCUT2D eigenvalue weighted by atomic mass is 35.5. The Bertz CT molecular complexity index is 887. The summed E-state index contributed by atoms with van der Waals surface area (Å²) in [5.74, 6) is -0.219. The van der Waals surface area contributed by atoms with Crippen molar-refractivity contribution in [3.63, 3.8) is 0 Å². The summed E-state index contributed by atoms with van der Waals surface area (Å²) in [7, 11) is 0. The molecule has 104 valence electrons. The van der Waals surface area contributed by atoms with Crippen molar-refractivity contribution in [2.45, 2.75) is 6.04 Å². The highest BCUT2D eigenvalue weighted by molar-refractivity contribution is 6.33. The number of halogens is 1. The minimum absolute atomic E-state index is 0.219. The summed E-state index contributed by atoms with van der Waals surface area (Å²) >= 11 is 6.36. The smallest absolute Gasteiger partial charge is 0.245 e. The van der Waals surface area contributed by atoms with Crippen LogP contribution in [0.5, 0.6) is 0 Å². The third-order valence-electron chi connectivity index (χ3n) is 3.70. The molecule has 0 fully saturated rings. The summed E-state index contributed by atoms with van der Waals surface area (Å²) in [6.07, 6.45) is 1.78. The molecule has 2 aromatic carbocycles. The summed E-state index contributed by atoms with van der Waals surface area (Å²) in [6, 6.07) is 10.7. The minimum Gasteiger partial charge on any atom is -0.324 e. The quantitative estimate of drug-likeness (QED) is 0.725. The summed E-state index contributed by atoms with van der Waals surface area (Å²) in [5.41, 5.74) is 8.89. The van der Waals surface area contributed by atoms with Gasteiger partial charge in [-0.2, -0.15) is 5.10 Å². The largest absolute Gasteiger partial charge is 0.324 e. The molecule has 1 unspecified atom stereocenters. The van der Waals surface area contributed by atoms with Crippen LogP contribution in [0.1, 0.15) is 11.6 Å². The molecule has 1 aliphatic heterocycles. The maximum Gasteiger partial charge on any atom is 0.245 e. The van der Waals surface area contributed by atoms with E-state index < -0.39 is 6.04 Å². The first-order valence-electron chi connectivity index (χ1n) is 6.48. The Morgan fingerprint density at radius 2 is 2.10 bits per heavy atom. The van der Waals surface area contributed by atoms with Gasteiger partial charge in [-0.15, -0.1) is 0 Å². The highest BCUT2D eigenvalue weighted by Gasteiger charge is 2.28. The normalized spacial score (nSPS) is 17.0. The Morgan fingerprint density at radius 3 is 2.95 bits per heavy atom. The highest BCUT2D eigenvalue weighted by Crippen LogP contribution is 2.36. The van der Waals surface area contributed by atoms with Crippen LogP contribution in [0.3, 0.4) is 0 Å².